The third kappa shape index (κ3) is 3.13. The molecule has 2 rings (SSSR count). The number of halogens is 1. The largest absolute Gasteiger partial charge is 0.489 e. The lowest BCUT2D eigenvalue weighted by Gasteiger charge is -2.23. The van der Waals surface area contributed by atoms with Crippen LogP contribution in [0.15, 0.2) is 18.2 Å². The van der Waals surface area contributed by atoms with E-state index in [2.05, 4.69) is 0 Å². The first-order chi connectivity index (χ1) is 8.16. The molecule has 1 fully saturated rings. The van der Waals surface area contributed by atoms with Gasteiger partial charge in [0.2, 0.25) is 0 Å². The van der Waals surface area contributed by atoms with Gasteiger partial charge in [-0.2, -0.15) is 0 Å². The van der Waals surface area contributed by atoms with Gasteiger partial charge in [0.15, 0.2) is 0 Å². The molecule has 0 atom stereocenters. The Morgan fingerprint density at radius 3 is 2.59 bits per heavy atom. The van der Waals surface area contributed by atoms with E-state index < -0.39 is 0 Å². The zero-order chi connectivity index (χ0) is 12.3. The lowest BCUT2D eigenvalue weighted by molar-refractivity contribution is 0.155. The van der Waals surface area contributed by atoms with Crippen LogP contribution in [0.1, 0.15) is 37.7 Å². The molecule has 1 aromatic carbocycles. The Morgan fingerprint density at radius 2 is 2.00 bits per heavy atom. The smallest absolute Gasteiger partial charge is 0.138 e. The highest BCUT2D eigenvalue weighted by atomic mass is 35.5. The molecule has 1 saturated carbocycles. The second kappa shape index (κ2) is 5.41. The van der Waals surface area contributed by atoms with Gasteiger partial charge in [0.25, 0.3) is 0 Å². The van der Waals surface area contributed by atoms with Crippen LogP contribution < -0.4 is 10.5 Å². The molecule has 3 nitrogen and oxygen atoms in total. The Bertz CT molecular complexity index is 414. The molecular formula is C13H17ClN2O. The number of rotatable bonds is 3. The van der Waals surface area contributed by atoms with E-state index >= 15 is 0 Å². The van der Waals surface area contributed by atoms with Crippen molar-refractivity contribution >= 4 is 17.4 Å². The van der Waals surface area contributed by atoms with Crippen molar-refractivity contribution in [3.8, 4) is 5.75 Å². The Balaban J connectivity index is 2.08. The molecule has 0 unspecified atom stereocenters. The Hall–Kier alpha value is -1.22. The zero-order valence-electron chi connectivity index (χ0n) is 9.71. The minimum absolute atomic E-state index is 0.0242. The van der Waals surface area contributed by atoms with Crippen molar-refractivity contribution in [1.29, 1.82) is 5.41 Å². The van der Waals surface area contributed by atoms with E-state index in [1.807, 2.05) is 0 Å². The minimum Gasteiger partial charge on any atom is -0.489 e. The topological polar surface area (TPSA) is 59.1 Å². The van der Waals surface area contributed by atoms with Crippen LogP contribution in [-0.4, -0.2) is 11.9 Å². The van der Waals surface area contributed by atoms with E-state index in [-0.39, 0.29) is 11.9 Å². The van der Waals surface area contributed by atoms with E-state index in [0.29, 0.717) is 16.3 Å². The summed E-state index contributed by atoms with van der Waals surface area (Å²) < 4.78 is 5.88. The van der Waals surface area contributed by atoms with Gasteiger partial charge in [0.05, 0.1) is 11.1 Å². The van der Waals surface area contributed by atoms with Gasteiger partial charge >= 0.3 is 0 Å². The van der Waals surface area contributed by atoms with Crippen molar-refractivity contribution in [3.05, 3.63) is 28.8 Å². The quantitative estimate of drug-likeness (QED) is 0.640. The van der Waals surface area contributed by atoms with Crippen LogP contribution in [0.4, 0.5) is 0 Å². The van der Waals surface area contributed by atoms with E-state index in [9.17, 15) is 0 Å². The summed E-state index contributed by atoms with van der Waals surface area (Å²) in [6.07, 6.45) is 6.25. The third-order valence-corrected chi connectivity index (χ3v) is 3.38. The predicted octanol–water partition coefficient (Wildman–Crippen LogP) is 3.34. The highest BCUT2D eigenvalue weighted by molar-refractivity contribution is 6.32. The fraction of sp³-hybridized carbons (Fsp3) is 0.462. The number of nitrogens with one attached hydrogen (secondary N) is 1. The maximum Gasteiger partial charge on any atom is 0.138 e. The second-order valence-electron chi connectivity index (χ2n) is 4.44. The highest BCUT2D eigenvalue weighted by Gasteiger charge is 2.16. The number of hydrogen-bond acceptors (Lipinski definition) is 2. The SMILES string of the molecule is N=C(N)c1ccc(OC2CCCCC2)c(Cl)c1. The summed E-state index contributed by atoms with van der Waals surface area (Å²) in [5.74, 6) is 0.722. The average Bonchev–Trinajstić information content (AvgIpc) is 2.33. The summed E-state index contributed by atoms with van der Waals surface area (Å²) in [5, 5.41) is 7.86. The van der Waals surface area contributed by atoms with Crippen molar-refractivity contribution in [2.24, 2.45) is 5.73 Å². The maximum absolute atomic E-state index is 7.33. The summed E-state index contributed by atoms with van der Waals surface area (Å²) >= 11 is 6.12. The maximum atomic E-state index is 7.33. The molecule has 4 heteroatoms. The Morgan fingerprint density at radius 1 is 1.29 bits per heavy atom. The predicted molar refractivity (Wildman–Crippen MR) is 70.0 cm³/mol. The fourth-order valence-electron chi connectivity index (χ4n) is 2.13. The first kappa shape index (κ1) is 12.2. The van der Waals surface area contributed by atoms with Crippen LogP contribution in [0.5, 0.6) is 5.75 Å². The van der Waals surface area contributed by atoms with Gasteiger partial charge in [0, 0.05) is 5.56 Å². The molecule has 0 radical (unpaired) electrons. The summed E-state index contributed by atoms with van der Waals surface area (Å²) in [4.78, 5) is 0. The number of nitrogen functional groups attached to an aromatic ring is 1. The number of ether oxygens (including phenoxy) is 1. The average molecular weight is 253 g/mol. The zero-order valence-corrected chi connectivity index (χ0v) is 10.5. The molecule has 1 aliphatic carbocycles. The number of benzene rings is 1. The molecule has 0 spiro atoms. The van der Waals surface area contributed by atoms with Crippen LogP contribution in [-0.2, 0) is 0 Å². The molecule has 0 bridgehead atoms. The standard InChI is InChI=1S/C13H17ClN2O/c14-11-8-9(13(15)16)6-7-12(11)17-10-4-2-1-3-5-10/h6-8,10H,1-5H2,(H3,15,16). The van der Waals surface area contributed by atoms with Gasteiger partial charge in [-0.25, -0.2) is 0 Å². The molecule has 0 saturated heterocycles. The summed E-state index contributed by atoms with van der Waals surface area (Å²) in [5.41, 5.74) is 6.03. The third-order valence-electron chi connectivity index (χ3n) is 3.09. The molecule has 92 valence electrons. The lowest BCUT2D eigenvalue weighted by Crippen LogP contribution is -2.20. The van der Waals surface area contributed by atoms with Crippen molar-refractivity contribution in [2.45, 2.75) is 38.2 Å². The van der Waals surface area contributed by atoms with Gasteiger partial charge in [-0.05, 0) is 43.9 Å². The van der Waals surface area contributed by atoms with Crippen LogP contribution in [0, 0.1) is 5.41 Å². The molecule has 0 amide bonds. The van der Waals surface area contributed by atoms with Crippen molar-refractivity contribution < 1.29 is 4.74 Å². The number of amidine groups is 1. The normalized spacial score (nSPS) is 16.8. The van der Waals surface area contributed by atoms with Gasteiger partial charge in [-0.3, -0.25) is 5.41 Å². The first-order valence-corrected chi connectivity index (χ1v) is 6.35. The fourth-order valence-corrected chi connectivity index (χ4v) is 2.35. The molecular weight excluding hydrogens is 236 g/mol. The van der Waals surface area contributed by atoms with Gasteiger partial charge in [0.1, 0.15) is 11.6 Å². The van der Waals surface area contributed by atoms with E-state index in [0.717, 1.165) is 12.8 Å². The molecule has 0 heterocycles. The molecule has 1 aromatic rings. The number of nitrogens with two attached hydrogens (primary N) is 1. The molecule has 0 aromatic heterocycles. The molecule has 3 N–H and O–H groups in total. The Kier molecular flexibility index (Phi) is 3.89. The summed E-state index contributed by atoms with van der Waals surface area (Å²) in [6.45, 7) is 0. The van der Waals surface area contributed by atoms with E-state index in [1.54, 1.807) is 18.2 Å². The molecule has 1 aliphatic rings. The second-order valence-corrected chi connectivity index (χ2v) is 4.84. The summed E-state index contributed by atoms with van der Waals surface area (Å²) in [7, 11) is 0. The van der Waals surface area contributed by atoms with Crippen LogP contribution in [0.2, 0.25) is 5.02 Å². The number of hydrogen-bond donors (Lipinski definition) is 2. The van der Waals surface area contributed by atoms with Crippen LogP contribution >= 0.6 is 11.6 Å². The monoisotopic (exact) mass is 252 g/mol. The van der Waals surface area contributed by atoms with Gasteiger partial charge in [-0.1, -0.05) is 18.0 Å². The van der Waals surface area contributed by atoms with E-state index in [4.69, 9.17) is 27.5 Å². The first-order valence-electron chi connectivity index (χ1n) is 5.97. The van der Waals surface area contributed by atoms with Crippen molar-refractivity contribution in [3.63, 3.8) is 0 Å². The van der Waals surface area contributed by atoms with Crippen LogP contribution in [0.25, 0.3) is 0 Å². The van der Waals surface area contributed by atoms with Gasteiger partial charge < -0.3 is 10.5 Å². The Labute approximate surface area is 106 Å². The van der Waals surface area contributed by atoms with Crippen molar-refractivity contribution in [2.75, 3.05) is 0 Å². The van der Waals surface area contributed by atoms with Gasteiger partial charge in [-0.15, -0.1) is 0 Å². The minimum atomic E-state index is 0.0242. The van der Waals surface area contributed by atoms with Crippen LogP contribution in [0.3, 0.4) is 0 Å². The molecule has 17 heavy (non-hydrogen) atoms. The lowest BCUT2D eigenvalue weighted by atomic mass is 9.98. The summed E-state index contributed by atoms with van der Waals surface area (Å²) in [6, 6.07) is 5.25. The van der Waals surface area contributed by atoms with Crippen molar-refractivity contribution in [1.82, 2.24) is 0 Å². The highest BCUT2D eigenvalue weighted by Crippen LogP contribution is 2.29. The van der Waals surface area contributed by atoms with E-state index in [1.165, 1.54) is 19.3 Å². The molecule has 0 aliphatic heterocycles.